The number of carbonyl (C=O) groups excluding carboxylic acids is 2. The van der Waals surface area contributed by atoms with Crippen LogP contribution in [0.5, 0.6) is 5.75 Å². The Kier molecular flexibility index (Phi) is 4.28. The van der Waals surface area contributed by atoms with Crippen LogP contribution in [-0.4, -0.2) is 41.8 Å². The van der Waals surface area contributed by atoms with Gasteiger partial charge in [-0.05, 0) is 36.4 Å². The number of carbonyl (C=O) groups is 2. The SMILES string of the molecule is COc1cccc(C23c4ccccc4C(=O)N2CCN3C(=O)c2ccc(F)c(F)c2)c1. The molecule has 3 aromatic carbocycles. The number of amides is 2. The van der Waals surface area contributed by atoms with Gasteiger partial charge in [-0.3, -0.25) is 9.59 Å². The molecule has 0 saturated carbocycles. The first-order chi connectivity index (χ1) is 15.0. The number of halogens is 2. The zero-order valence-corrected chi connectivity index (χ0v) is 16.6. The molecule has 156 valence electrons. The predicted octanol–water partition coefficient (Wildman–Crippen LogP) is 3.79. The summed E-state index contributed by atoms with van der Waals surface area (Å²) in [4.78, 5) is 30.0. The average Bonchev–Trinajstić information content (AvgIpc) is 3.31. The van der Waals surface area contributed by atoms with E-state index in [1.165, 1.54) is 6.07 Å². The molecule has 2 aliphatic rings. The van der Waals surface area contributed by atoms with Crippen LogP contribution in [0.25, 0.3) is 0 Å². The minimum absolute atomic E-state index is 0.0138. The molecule has 5 rings (SSSR count). The van der Waals surface area contributed by atoms with Crippen LogP contribution in [0, 0.1) is 11.6 Å². The largest absolute Gasteiger partial charge is 0.497 e. The number of rotatable bonds is 3. The van der Waals surface area contributed by atoms with E-state index in [2.05, 4.69) is 0 Å². The number of methoxy groups -OCH3 is 1. The summed E-state index contributed by atoms with van der Waals surface area (Å²) in [5.74, 6) is -2.22. The molecule has 1 saturated heterocycles. The van der Waals surface area contributed by atoms with Crippen LogP contribution in [0.3, 0.4) is 0 Å². The zero-order valence-electron chi connectivity index (χ0n) is 16.6. The fourth-order valence-electron chi connectivity index (χ4n) is 4.67. The highest BCUT2D eigenvalue weighted by Gasteiger charge is 2.59. The number of nitrogens with zero attached hydrogens (tertiary/aromatic N) is 2. The Morgan fingerprint density at radius 2 is 1.77 bits per heavy atom. The van der Waals surface area contributed by atoms with Crippen molar-refractivity contribution in [2.24, 2.45) is 0 Å². The van der Waals surface area contributed by atoms with Gasteiger partial charge in [0.2, 0.25) is 0 Å². The lowest BCUT2D eigenvalue weighted by atomic mass is 9.89. The monoisotopic (exact) mass is 420 g/mol. The van der Waals surface area contributed by atoms with Gasteiger partial charge in [-0.25, -0.2) is 8.78 Å². The van der Waals surface area contributed by atoms with Gasteiger partial charge in [-0.15, -0.1) is 0 Å². The van der Waals surface area contributed by atoms with Crippen LogP contribution in [-0.2, 0) is 5.66 Å². The molecule has 7 heteroatoms. The molecule has 2 heterocycles. The second-order valence-electron chi connectivity index (χ2n) is 7.49. The molecule has 0 spiro atoms. The molecule has 0 radical (unpaired) electrons. The summed E-state index contributed by atoms with van der Waals surface area (Å²) < 4.78 is 32.7. The lowest BCUT2D eigenvalue weighted by Gasteiger charge is -2.40. The van der Waals surface area contributed by atoms with E-state index >= 15 is 0 Å². The molecule has 3 aromatic rings. The molecule has 1 unspecified atom stereocenters. The van der Waals surface area contributed by atoms with Gasteiger partial charge >= 0.3 is 0 Å². The molecule has 0 aromatic heterocycles. The van der Waals surface area contributed by atoms with Gasteiger partial charge in [0.15, 0.2) is 17.3 Å². The predicted molar refractivity (Wildman–Crippen MR) is 109 cm³/mol. The van der Waals surface area contributed by atoms with Crippen LogP contribution >= 0.6 is 0 Å². The Bertz CT molecular complexity index is 1230. The number of fused-ring (bicyclic) bond motifs is 3. The molecule has 31 heavy (non-hydrogen) atoms. The summed E-state index contributed by atoms with van der Waals surface area (Å²) in [6.07, 6.45) is 0. The van der Waals surface area contributed by atoms with Gasteiger partial charge < -0.3 is 14.5 Å². The van der Waals surface area contributed by atoms with Crippen LogP contribution in [0.1, 0.15) is 31.8 Å². The maximum atomic E-state index is 13.9. The molecule has 2 aliphatic heterocycles. The Labute approximate surface area is 177 Å². The van der Waals surface area contributed by atoms with Gasteiger partial charge in [0, 0.05) is 35.3 Å². The highest BCUT2D eigenvalue weighted by atomic mass is 19.2. The van der Waals surface area contributed by atoms with E-state index in [9.17, 15) is 18.4 Å². The third-order valence-electron chi connectivity index (χ3n) is 5.99. The van der Waals surface area contributed by atoms with Crippen LogP contribution in [0.15, 0.2) is 66.7 Å². The Hall–Kier alpha value is -3.74. The van der Waals surface area contributed by atoms with E-state index in [4.69, 9.17) is 4.74 Å². The highest BCUT2D eigenvalue weighted by Crippen LogP contribution is 2.50. The van der Waals surface area contributed by atoms with Gasteiger partial charge in [0.1, 0.15) is 5.75 Å². The van der Waals surface area contributed by atoms with Crippen molar-refractivity contribution in [3.63, 3.8) is 0 Å². The van der Waals surface area contributed by atoms with Crippen LogP contribution in [0.2, 0.25) is 0 Å². The highest BCUT2D eigenvalue weighted by molar-refractivity contribution is 6.03. The lowest BCUT2D eigenvalue weighted by molar-refractivity contribution is 0.0374. The fourth-order valence-corrected chi connectivity index (χ4v) is 4.67. The molecule has 5 nitrogen and oxygen atoms in total. The van der Waals surface area contributed by atoms with E-state index in [0.29, 0.717) is 29.0 Å². The topological polar surface area (TPSA) is 49.9 Å². The third kappa shape index (κ3) is 2.59. The second-order valence-corrected chi connectivity index (χ2v) is 7.49. The summed E-state index contributed by atoms with van der Waals surface area (Å²) in [5, 5.41) is 0. The van der Waals surface area contributed by atoms with Crippen molar-refractivity contribution in [2.75, 3.05) is 20.2 Å². The number of hydrogen-bond donors (Lipinski definition) is 0. The third-order valence-corrected chi connectivity index (χ3v) is 5.99. The summed E-state index contributed by atoms with van der Waals surface area (Å²) in [6.45, 7) is 0.551. The fraction of sp³-hybridized carbons (Fsp3) is 0.167. The van der Waals surface area contributed by atoms with Crippen molar-refractivity contribution < 1.29 is 23.1 Å². The molecule has 1 fully saturated rings. The van der Waals surface area contributed by atoms with Crippen molar-refractivity contribution in [2.45, 2.75) is 5.66 Å². The first kappa shape index (κ1) is 19.2. The van der Waals surface area contributed by atoms with Gasteiger partial charge in [0.05, 0.1) is 7.11 Å². The Morgan fingerprint density at radius 3 is 2.55 bits per heavy atom. The lowest BCUT2D eigenvalue weighted by Crippen LogP contribution is -2.51. The van der Waals surface area contributed by atoms with Crippen molar-refractivity contribution in [3.05, 3.63) is 101 Å². The molecule has 0 N–H and O–H groups in total. The van der Waals surface area contributed by atoms with Gasteiger partial charge in [0.25, 0.3) is 11.8 Å². The smallest absolute Gasteiger partial charge is 0.256 e. The zero-order chi connectivity index (χ0) is 21.8. The molecule has 1 atom stereocenters. The quantitative estimate of drug-likeness (QED) is 0.648. The van der Waals surface area contributed by atoms with Gasteiger partial charge in [-0.1, -0.05) is 30.3 Å². The average molecular weight is 420 g/mol. The second kappa shape index (κ2) is 6.91. The van der Waals surface area contributed by atoms with Crippen molar-refractivity contribution >= 4 is 11.8 Å². The molecule has 0 aliphatic carbocycles. The van der Waals surface area contributed by atoms with Crippen molar-refractivity contribution in [1.29, 1.82) is 0 Å². The van der Waals surface area contributed by atoms with E-state index in [1.54, 1.807) is 47.2 Å². The summed E-state index contributed by atoms with van der Waals surface area (Å²) in [7, 11) is 1.54. The van der Waals surface area contributed by atoms with Crippen LogP contribution < -0.4 is 4.74 Å². The Balaban J connectivity index is 1.75. The molecular formula is C24H18F2N2O3. The van der Waals surface area contributed by atoms with E-state index in [-0.39, 0.29) is 18.0 Å². The molecule has 2 amide bonds. The maximum Gasteiger partial charge on any atom is 0.256 e. The number of hydrogen-bond acceptors (Lipinski definition) is 3. The minimum atomic E-state index is -1.20. The molecule has 0 bridgehead atoms. The summed E-state index contributed by atoms with van der Waals surface area (Å²) >= 11 is 0. The van der Waals surface area contributed by atoms with Gasteiger partial charge in [-0.2, -0.15) is 0 Å². The van der Waals surface area contributed by atoms with Crippen molar-refractivity contribution in [1.82, 2.24) is 9.80 Å². The first-order valence-corrected chi connectivity index (χ1v) is 9.81. The maximum absolute atomic E-state index is 13.9. The van der Waals surface area contributed by atoms with E-state index in [0.717, 1.165) is 12.1 Å². The minimum Gasteiger partial charge on any atom is -0.497 e. The first-order valence-electron chi connectivity index (χ1n) is 9.81. The standard InChI is InChI=1S/C24H18F2N2O3/c1-31-17-6-4-5-16(14-17)24-19-8-3-2-7-18(19)23(30)28(24)12-11-27(24)22(29)15-9-10-20(25)21(26)13-15/h2-10,13-14H,11-12H2,1H3. The van der Waals surface area contributed by atoms with Crippen molar-refractivity contribution in [3.8, 4) is 5.75 Å². The van der Waals surface area contributed by atoms with E-state index < -0.39 is 23.2 Å². The molecular weight excluding hydrogens is 402 g/mol. The van der Waals surface area contributed by atoms with Crippen LogP contribution in [0.4, 0.5) is 8.78 Å². The normalized spacial score (nSPS) is 19.4. The summed E-state index contributed by atoms with van der Waals surface area (Å²) in [5.41, 5.74) is 0.665. The number of benzene rings is 3. The number of ether oxygens (including phenoxy) is 1. The Morgan fingerprint density at radius 1 is 0.968 bits per heavy atom. The summed E-state index contributed by atoms with van der Waals surface area (Å²) in [6, 6.07) is 17.4. The van der Waals surface area contributed by atoms with E-state index in [1.807, 2.05) is 18.2 Å².